The summed E-state index contributed by atoms with van der Waals surface area (Å²) < 4.78 is 5.48. The van der Waals surface area contributed by atoms with Crippen LogP contribution in [0.2, 0.25) is 0 Å². The van der Waals surface area contributed by atoms with Gasteiger partial charge in [-0.15, -0.1) is 0 Å². The maximum Gasteiger partial charge on any atom is 0.222 e. The lowest BCUT2D eigenvalue weighted by atomic mass is 9.98. The van der Waals surface area contributed by atoms with Gasteiger partial charge in [-0.05, 0) is 42.5 Å². The number of para-hydroxylation sites is 1. The molecule has 3 heterocycles. The fourth-order valence-electron chi connectivity index (χ4n) is 4.45. The highest BCUT2D eigenvalue weighted by molar-refractivity contribution is 5.98. The lowest BCUT2D eigenvalue weighted by molar-refractivity contribution is -0.127. The van der Waals surface area contributed by atoms with Gasteiger partial charge in [-0.2, -0.15) is 0 Å². The van der Waals surface area contributed by atoms with Crippen LogP contribution in [0.3, 0.4) is 0 Å². The second kappa shape index (κ2) is 10.0. The normalized spacial score (nSPS) is 18.9. The van der Waals surface area contributed by atoms with E-state index in [1.165, 1.54) is 11.3 Å². The minimum absolute atomic E-state index is 0.307. The fraction of sp³-hybridized carbons (Fsp3) is 0.520. The number of aliphatic imine (C=N–C) groups is 1. The Morgan fingerprint density at radius 1 is 1.26 bits per heavy atom. The van der Waals surface area contributed by atoms with E-state index in [0.29, 0.717) is 24.2 Å². The number of benzene rings is 1. The van der Waals surface area contributed by atoms with Gasteiger partial charge >= 0.3 is 0 Å². The van der Waals surface area contributed by atoms with E-state index in [-0.39, 0.29) is 0 Å². The summed E-state index contributed by atoms with van der Waals surface area (Å²) in [7, 11) is 0. The van der Waals surface area contributed by atoms with E-state index >= 15 is 0 Å². The molecular weight excluding hydrogens is 388 g/mol. The van der Waals surface area contributed by atoms with Crippen LogP contribution < -0.4 is 10.2 Å². The first-order valence-corrected chi connectivity index (χ1v) is 11.6. The van der Waals surface area contributed by atoms with Gasteiger partial charge in [-0.25, -0.2) is 0 Å². The molecule has 4 rings (SSSR count). The Labute approximate surface area is 185 Å². The second-order valence-electron chi connectivity index (χ2n) is 8.95. The zero-order valence-corrected chi connectivity index (χ0v) is 18.7. The predicted molar refractivity (Wildman–Crippen MR) is 125 cm³/mol. The van der Waals surface area contributed by atoms with Crippen molar-refractivity contribution in [1.82, 2.24) is 10.2 Å². The third kappa shape index (κ3) is 5.30. The number of furan rings is 1. The Kier molecular flexibility index (Phi) is 6.95. The van der Waals surface area contributed by atoms with E-state index < -0.39 is 0 Å². The molecule has 1 amide bonds. The number of carbonyl (C=O) groups is 1. The minimum atomic E-state index is 0.307. The molecule has 1 N–H and O–H groups in total. The molecule has 2 aromatic rings. The molecule has 0 bridgehead atoms. The minimum Gasteiger partial charge on any atom is -0.469 e. The van der Waals surface area contributed by atoms with Crippen LogP contribution in [0.5, 0.6) is 0 Å². The van der Waals surface area contributed by atoms with Gasteiger partial charge in [0.2, 0.25) is 5.91 Å². The molecule has 2 aliphatic rings. The molecule has 1 atom stereocenters. The van der Waals surface area contributed by atoms with E-state index in [0.717, 1.165) is 63.7 Å². The van der Waals surface area contributed by atoms with Gasteiger partial charge in [0.05, 0.1) is 6.26 Å². The van der Waals surface area contributed by atoms with Gasteiger partial charge in [0.1, 0.15) is 5.76 Å². The Hall–Kier alpha value is -2.76. The molecule has 0 radical (unpaired) electrons. The van der Waals surface area contributed by atoms with Crippen molar-refractivity contribution in [3.05, 3.63) is 54.0 Å². The molecule has 6 heteroatoms. The van der Waals surface area contributed by atoms with Gasteiger partial charge in [-0.1, -0.05) is 32.0 Å². The molecule has 31 heavy (non-hydrogen) atoms. The lowest BCUT2D eigenvalue weighted by Gasteiger charge is -2.24. The first-order valence-electron chi connectivity index (χ1n) is 11.6. The molecule has 2 aliphatic heterocycles. The van der Waals surface area contributed by atoms with Crippen LogP contribution in [0, 0.1) is 5.92 Å². The standard InChI is InChI=1S/C25H34N4O2/c1-19(2)17-27-25(26-13-11-21-7-6-16-31-21)29-18-20(22-8-3-4-9-23(22)29)12-15-28-14-5-10-24(28)30/h3-4,6-9,16,19-20H,5,10-15,17-18H2,1-2H3,(H,26,27). The quantitative estimate of drug-likeness (QED) is 0.515. The van der Waals surface area contributed by atoms with E-state index in [9.17, 15) is 4.79 Å². The highest BCUT2D eigenvalue weighted by Crippen LogP contribution is 2.38. The Morgan fingerprint density at radius 2 is 2.13 bits per heavy atom. The van der Waals surface area contributed by atoms with Crippen molar-refractivity contribution in [3.63, 3.8) is 0 Å². The smallest absolute Gasteiger partial charge is 0.222 e. The number of anilines is 1. The highest BCUT2D eigenvalue weighted by atomic mass is 16.3. The summed E-state index contributed by atoms with van der Waals surface area (Å²) in [6.07, 6.45) is 5.24. The van der Waals surface area contributed by atoms with Crippen LogP contribution >= 0.6 is 0 Å². The van der Waals surface area contributed by atoms with Crippen LogP contribution in [0.25, 0.3) is 0 Å². The number of carbonyl (C=O) groups excluding carboxylic acids is 1. The molecular formula is C25H34N4O2. The number of nitrogens with one attached hydrogen (secondary N) is 1. The Bertz CT molecular complexity index is 891. The summed E-state index contributed by atoms with van der Waals surface area (Å²) in [5.74, 6) is 3.12. The van der Waals surface area contributed by atoms with Crippen LogP contribution in [0.1, 0.15) is 50.4 Å². The summed E-state index contributed by atoms with van der Waals surface area (Å²) in [5.41, 5.74) is 2.59. The van der Waals surface area contributed by atoms with E-state index in [1.807, 2.05) is 17.0 Å². The molecule has 1 unspecified atom stereocenters. The van der Waals surface area contributed by atoms with Crippen molar-refractivity contribution in [3.8, 4) is 0 Å². The number of rotatable bonds is 8. The number of fused-ring (bicyclic) bond motifs is 1. The molecule has 0 aliphatic carbocycles. The Morgan fingerprint density at radius 3 is 2.87 bits per heavy atom. The fourth-order valence-corrected chi connectivity index (χ4v) is 4.45. The van der Waals surface area contributed by atoms with E-state index in [1.54, 1.807) is 6.26 Å². The van der Waals surface area contributed by atoms with Crippen LogP contribution in [-0.4, -0.2) is 49.5 Å². The molecule has 1 saturated heterocycles. The predicted octanol–water partition coefficient (Wildman–Crippen LogP) is 4.04. The topological polar surface area (TPSA) is 61.1 Å². The average molecular weight is 423 g/mol. The van der Waals surface area contributed by atoms with Gasteiger partial charge in [0.25, 0.3) is 0 Å². The molecule has 166 valence electrons. The zero-order chi connectivity index (χ0) is 21.6. The summed E-state index contributed by atoms with van der Waals surface area (Å²) in [4.78, 5) is 21.3. The lowest BCUT2D eigenvalue weighted by Crippen LogP contribution is -2.42. The monoisotopic (exact) mass is 422 g/mol. The van der Waals surface area contributed by atoms with Crippen LogP contribution in [0.4, 0.5) is 5.69 Å². The third-order valence-corrected chi connectivity index (χ3v) is 6.09. The molecule has 0 spiro atoms. The van der Waals surface area contributed by atoms with Crippen molar-refractivity contribution in [2.75, 3.05) is 37.6 Å². The van der Waals surface area contributed by atoms with Crippen LogP contribution in [-0.2, 0) is 11.2 Å². The highest BCUT2D eigenvalue weighted by Gasteiger charge is 2.32. The summed E-state index contributed by atoms with van der Waals surface area (Å²) >= 11 is 0. The molecule has 1 aromatic carbocycles. The van der Waals surface area contributed by atoms with Crippen molar-refractivity contribution in [2.24, 2.45) is 10.9 Å². The number of amides is 1. The van der Waals surface area contributed by atoms with Crippen molar-refractivity contribution in [1.29, 1.82) is 0 Å². The largest absolute Gasteiger partial charge is 0.469 e. The maximum absolute atomic E-state index is 12.0. The number of hydrogen-bond acceptors (Lipinski definition) is 3. The maximum atomic E-state index is 12.0. The Balaban J connectivity index is 1.47. The number of nitrogens with zero attached hydrogens (tertiary/aromatic N) is 3. The first-order chi connectivity index (χ1) is 15.1. The van der Waals surface area contributed by atoms with Gasteiger partial charge in [0.15, 0.2) is 5.96 Å². The summed E-state index contributed by atoms with van der Waals surface area (Å²) in [6.45, 7) is 8.59. The van der Waals surface area contributed by atoms with Gasteiger partial charge in [-0.3, -0.25) is 9.79 Å². The van der Waals surface area contributed by atoms with E-state index in [2.05, 4.69) is 48.3 Å². The van der Waals surface area contributed by atoms with E-state index in [4.69, 9.17) is 9.41 Å². The van der Waals surface area contributed by atoms with Gasteiger partial charge in [0, 0.05) is 57.2 Å². The third-order valence-electron chi connectivity index (χ3n) is 6.09. The summed E-state index contributed by atoms with van der Waals surface area (Å²) in [5, 5.41) is 3.57. The van der Waals surface area contributed by atoms with Crippen molar-refractivity contribution < 1.29 is 9.21 Å². The number of guanidine groups is 1. The molecule has 1 aromatic heterocycles. The van der Waals surface area contributed by atoms with Crippen molar-refractivity contribution in [2.45, 2.75) is 45.4 Å². The molecule has 1 fully saturated rings. The summed E-state index contributed by atoms with van der Waals surface area (Å²) in [6, 6.07) is 12.6. The number of hydrogen-bond donors (Lipinski definition) is 1. The SMILES string of the molecule is CC(C)CN=C(NCCc1ccco1)N1CC(CCN2CCCC2=O)c2ccccc21. The first kappa shape index (κ1) is 21.5. The average Bonchev–Trinajstić information content (AvgIpc) is 3.50. The zero-order valence-electron chi connectivity index (χ0n) is 18.7. The van der Waals surface area contributed by atoms with Gasteiger partial charge < -0.3 is 19.5 Å². The molecule has 0 saturated carbocycles. The number of likely N-dealkylation sites (tertiary alicyclic amines) is 1. The molecule has 6 nitrogen and oxygen atoms in total. The second-order valence-corrected chi connectivity index (χ2v) is 8.95. The van der Waals surface area contributed by atoms with Crippen LogP contribution in [0.15, 0.2) is 52.1 Å². The van der Waals surface area contributed by atoms with Crippen molar-refractivity contribution >= 4 is 17.6 Å².